The molecule has 0 spiro atoms. The molecule has 4 heteroatoms. The van der Waals surface area contributed by atoms with Crippen LogP contribution >= 0.6 is 0 Å². The maximum absolute atomic E-state index is 10.8. The van der Waals surface area contributed by atoms with E-state index >= 15 is 0 Å². The van der Waals surface area contributed by atoms with Gasteiger partial charge < -0.3 is 15.9 Å². The van der Waals surface area contributed by atoms with E-state index in [0.717, 1.165) is 6.42 Å². The Balaban J connectivity index is 3.29. The van der Waals surface area contributed by atoms with Crippen LogP contribution in [0.1, 0.15) is 29.3 Å². The van der Waals surface area contributed by atoms with E-state index < -0.39 is 5.97 Å². The number of carboxylic acids is 1. The van der Waals surface area contributed by atoms with Crippen molar-refractivity contribution in [3.8, 4) is 5.75 Å². The van der Waals surface area contributed by atoms with Crippen LogP contribution in [-0.4, -0.2) is 16.2 Å². The number of nitrogen functional groups attached to an aromatic ring is 1. The number of rotatable bonds is 3. The molecule has 0 aliphatic carbocycles. The number of carboxylic acid groups (broad SMARTS) is 1. The first-order chi connectivity index (χ1) is 6.57. The number of anilines is 1. The van der Waals surface area contributed by atoms with Crippen molar-refractivity contribution in [1.82, 2.24) is 0 Å². The van der Waals surface area contributed by atoms with Gasteiger partial charge in [-0.05, 0) is 24.1 Å². The maximum atomic E-state index is 10.8. The number of hydrogen-bond acceptors (Lipinski definition) is 3. The van der Waals surface area contributed by atoms with Crippen LogP contribution in [0.3, 0.4) is 0 Å². The van der Waals surface area contributed by atoms with Crippen molar-refractivity contribution >= 4 is 11.7 Å². The van der Waals surface area contributed by atoms with Gasteiger partial charge >= 0.3 is 5.97 Å². The van der Waals surface area contributed by atoms with E-state index in [4.69, 9.17) is 10.8 Å². The van der Waals surface area contributed by atoms with Gasteiger partial charge in [0.05, 0.1) is 11.3 Å². The van der Waals surface area contributed by atoms with Crippen molar-refractivity contribution in [3.05, 3.63) is 23.3 Å². The summed E-state index contributed by atoms with van der Waals surface area (Å²) in [4.78, 5) is 10.8. The Morgan fingerprint density at radius 2 is 2.14 bits per heavy atom. The maximum Gasteiger partial charge on any atom is 0.336 e. The Labute approximate surface area is 82.0 Å². The Kier molecular flexibility index (Phi) is 2.96. The number of aromatic hydroxyl groups is 1. The van der Waals surface area contributed by atoms with E-state index in [2.05, 4.69) is 0 Å². The SMILES string of the molecule is CCCc1c(C(=O)O)ccc(O)c1N. The smallest absolute Gasteiger partial charge is 0.336 e. The van der Waals surface area contributed by atoms with Crippen LogP contribution in [0.4, 0.5) is 5.69 Å². The molecule has 0 aliphatic rings. The van der Waals surface area contributed by atoms with E-state index in [9.17, 15) is 9.90 Å². The highest BCUT2D eigenvalue weighted by Crippen LogP contribution is 2.28. The second-order valence-corrected chi connectivity index (χ2v) is 3.08. The van der Waals surface area contributed by atoms with Crippen molar-refractivity contribution < 1.29 is 15.0 Å². The van der Waals surface area contributed by atoms with Crippen LogP contribution in [0.2, 0.25) is 0 Å². The molecule has 0 saturated heterocycles. The fourth-order valence-electron chi connectivity index (χ4n) is 1.37. The van der Waals surface area contributed by atoms with Gasteiger partial charge in [0.1, 0.15) is 5.75 Å². The molecule has 0 bridgehead atoms. The molecule has 0 atom stereocenters. The third-order valence-corrected chi connectivity index (χ3v) is 2.06. The molecule has 14 heavy (non-hydrogen) atoms. The number of phenolic OH excluding ortho intramolecular Hbond substituents is 1. The Morgan fingerprint density at radius 1 is 1.50 bits per heavy atom. The molecular weight excluding hydrogens is 182 g/mol. The summed E-state index contributed by atoms with van der Waals surface area (Å²) in [6.07, 6.45) is 1.34. The van der Waals surface area contributed by atoms with Crippen LogP contribution in [-0.2, 0) is 6.42 Å². The first-order valence-corrected chi connectivity index (χ1v) is 4.41. The Morgan fingerprint density at radius 3 is 2.64 bits per heavy atom. The van der Waals surface area contributed by atoms with Crippen LogP contribution in [0.25, 0.3) is 0 Å². The first kappa shape index (κ1) is 10.4. The van der Waals surface area contributed by atoms with Gasteiger partial charge in [0.2, 0.25) is 0 Å². The summed E-state index contributed by atoms with van der Waals surface area (Å²) in [7, 11) is 0. The molecule has 0 amide bonds. The standard InChI is InChI=1S/C10H13NO3/c1-2-3-6-7(10(13)14)4-5-8(12)9(6)11/h4-5,12H,2-3,11H2,1H3,(H,13,14). The van der Waals surface area contributed by atoms with Crippen LogP contribution in [0, 0.1) is 0 Å². The van der Waals surface area contributed by atoms with E-state index in [1.54, 1.807) is 0 Å². The molecule has 0 unspecified atom stereocenters. The molecule has 0 fully saturated rings. The molecule has 0 radical (unpaired) electrons. The lowest BCUT2D eigenvalue weighted by atomic mass is 10.0. The zero-order valence-corrected chi connectivity index (χ0v) is 7.95. The molecule has 76 valence electrons. The average molecular weight is 195 g/mol. The molecule has 4 N–H and O–H groups in total. The topological polar surface area (TPSA) is 83.5 Å². The van der Waals surface area contributed by atoms with Gasteiger partial charge in [-0.15, -0.1) is 0 Å². The normalized spacial score (nSPS) is 10.1. The summed E-state index contributed by atoms with van der Waals surface area (Å²) in [5.74, 6) is -1.07. The minimum atomic E-state index is -1.01. The fourth-order valence-corrected chi connectivity index (χ4v) is 1.37. The van der Waals surface area contributed by atoms with Crippen molar-refractivity contribution in [2.75, 3.05) is 5.73 Å². The van der Waals surface area contributed by atoms with E-state index in [-0.39, 0.29) is 17.0 Å². The van der Waals surface area contributed by atoms with Gasteiger partial charge in [-0.3, -0.25) is 0 Å². The minimum Gasteiger partial charge on any atom is -0.506 e. The van der Waals surface area contributed by atoms with Crippen molar-refractivity contribution in [1.29, 1.82) is 0 Å². The molecule has 4 nitrogen and oxygen atoms in total. The molecule has 1 aromatic carbocycles. The Bertz CT molecular complexity index is 361. The zero-order chi connectivity index (χ0) is 10.7. The lowest BCUT2D eigenvalue weighted by molar-refractivity contribution is 0.0696. The third kappa shape index (κ3) is 1.79. The second-order valence-electron chi connectivity index (χ2n) is 3.08. The predicted octanol–water partition coefficient (Wildman–Crippen LogP) is 1.63. The van der Waals surface area contributed by atoms with Crippen LogP contribution in [0.15, 0.2) is 12.1 Å². The van der Waals surface area contributed by atoms with Gasteiger partial charge in [0, 0.05) is 0 Å². The van der Waals surface area contributed by atoms with Gasteiger partial charge in [0.25, 0.3) is 0 Å². The highest BCUT2D eigenvalue weighted by atomic mass is 16.4. The zero-order valence-electron chi connectivity index (χ0n) is 7.95. The number of hydrogen-bond donors (Lipinski definition) is 3. The van der Waals surface area contributed by atoms with E-state index in [0.29, 0.717) is 12.0 Å². The third-order valence-electron chi connectivity index (χ3n) is 2.06. The van der Waals surface area contributed by atoms with Gasteiger partial charge in [0.15, 0.2) is 0 Å². The van der Waals surface area contributed by atoms with Crippen LogP contribution < -0.4 is 5.73 Å². The first-order valence-electron chi connectivity index (χ1n) is 4.41. The molecule has 0 saturated carbocycles. The van der Waals surface area contributed by atoms with E-state index in [1.807, 2.05) is 6.92 Å². The number of benzene rings is 1. The van der Waals surface area contributed by atoms with Crippen molar-refractivity contribution in [2.24, 2.45) is 0 Å². The summed E-state index contributed by atoms with van der Waals surface area (Å²) in [5, 5.41) is 18.2. The molecule has 1 aromatic rings. The predicted molar refractivity (Wildman–Crippen MR) is 53.5 cm³/mol. The second kappa shape index (κ2) is 4.00. The number of carbonyl (C=O) groups is 1. The summed E-state index contributed by atoms with van der Waals surface area (Å²) >= 11 is 0. The molecular formula is C10H13NO3. The summed E-state index contributed by atoms with van der Waals surface area (Å²) in [6.45, 7) is 1.93. The van der Waals surface area contributed by atoms with Crippen molar-refractivity contribution in [3.63, 3.8) is 0 Å². The summed E-state index contributed by atoms with van der Waals surface area (Å²) in [6, 6.07) is 2.68. The molecule has 0 aromatic heterocycles. The van der Waals surface area contributed by atoms with Crippen LogP contribution in [0.5, 0.6) is 5.75 Å². The summed E-state index contributed by atoms with van der Waals surface area (Å²) < 4.78 is 0. The summed E-state index contributed by atoms with van der Waals surface area (Å²) in [5.41, 5.74) is 6.45. The van der Waals surface area contributed by atoms with E-state index in [1.165, 1.54) is 12.1 Å². The lowest BCUT2D eigenvalue weighted by Gasteiger charge is -2.09. The minimum absolute atomic E-state index is 0.0570. The van der Waals surface area contributed by atoms with Crippen molar-refractivity contribution in [2.45, 2.75) is 19.8 Å². The fraction of sp³-hybridized carbons (Fsp3) is 0.300. The monoisotopic (exact) mass is 195 g/mol. The number of aromatic carboxylic acids is 1. The number of phenols is 1. The molecule has 0 heterocycles. The van der Waals surface area contributed by atoms with Gasteiger partial charge in [-0.1, -0.05) is 13.3 Å². The van der Waals surface area contributed by atoms with Gasteiger partial charge in [-0.2, -0.15) is 0 Å². The number of nitrogens with two attached hydrogens (primary N) is 1. The van der Waals surface area contributed by atoms with Gasteiger partial charge in [-0.25, -0.2) is 4.79 Å². The molecule has 1 rings (SSSR count). The quantitative estimate of drug-likeness (QED) is 0.505. The largest absolute Gasteiger partial charge is 0.506 e. The highest BCUT2D eigenvalue weighted by Gasteiger charge is 2.14. The highest BCUT2D eigenvalue weighted by molar-refractivity contribution is 5.92. The Hall–Kier alpha value is -1.71. The molecule has 0 aliphatic heterocycles. The average Bonchev–Trinajstić information content (AvgIpc) is 2.13. The lowest BCUT2D eigenvalue weighted by Crippen LogP contribution is -2.05.